The molecule has 0 aliphatic carbocycles. The van der Waals surface area contributed by atoms with E-state index in [1.54, 1.807) is 6.92 Å². The minimum atomic E-state index is -2.92. The van der Waals surface area contributed by atoms with E-state index in [9.17, 15) is 8.42 Å². The molecule has 0 atom stereocenters. The Morgan fingerprint density at radius 1 is 1.37 bits per heavy atom. The Morgan fingerprint density at radius 3 is 2.74 bits per heavy atom. The molecule has 0 heterocycles. The summed E-state index contributed by atoms with van der Waals surface area (Å²) in [7, 11) is -1.09. The molecule has 0 aliphatic rings. The van der Waals surface area contributed by atoms with E-state index in [1.807, 2.05) is 25.2 Å². The van der Waals surface area contributed by atoms with E-state index in [1.165, 1.54) is 0 Å². The second kappa shape index (κ2) is 7.72. The summed E-state index contributed by atoms with van der Waals surface area (Å²) in [6.45, 7) is 2.64. The first-order chi connectivity index (χ1) is 9.00. The molecular formula is C13H20ClNO3S. The summed E-state index contributed by atoms with van der Waals surface area (Å²) in [4.78, 5) is 0. The highest BCUT2D eigenvalue weighted by molar-refractivity contribution is 7.91. The summed E-state index contributed by atoms with van der Waals surface area (Å²) in [6, 6.07) is 5.47. The SMILES string of the molecule is CCS(=O)(=O)CCCOc1cccc(Cl)c1CNC. The van der Waals surface area contributed by atoms with E-state index < -0.39 is 9.84 Å². The third kappa shape index (κ3) is 5.38. The monoisotopic (exact) mass is 305 g/mol. The average Bonchev–Trinajstić information content (AvgIpc) is 2.38. The van der Waals surface area contributed by atoms with Gasteiger partial charge in [0.25, 0.3) is 0 Å². The number of sulfone groups is 1. The number of ether oxygens (including phenoxy) is 1. The molecule has 4 nitrogen and oxygen atoms in total. The van der Waals surface area contributed by atoms with Crippen LogP contribution in [-0.4, -0.2) is 33.6 Å². The largest absolute Gasteiger partial charge is 0.493 e. The number of nitrogens with one attached hydrogen (secondary N) is 1. The van der Waals surface area contributed by atoms with Crippen molar-refractivity contribution in [3.05, 3.63) is 28.8 Å². The van der Waals surface area contributed by atoms with Gasteiger partial charge in [-0.25, -0.2) is 8.42 Å². The molecule has 0 aromatic heterocycles. The normalized spacial score (nSPS) is 11.5. The first-order valence-electron chi connectivity index (χ1n) is 6.25. The highest BCUT2D eigenvalue weighted by Gasteiger charge is 2.09. The van der Waals surface area contributed by atoms with Crippen LogP contribution in [0.1, 0.15) is 18.9 Å². The van der Waals surface area contributed by atoms with Crippen LogP contribution in [0.2, 0.25) is 5.02 Å². The molecule has 6 heteroatoms. The van der Waals surface area contributed by atoms with Crippen LogP contribution in [0, 0.1) is 0 Å². The minimum Gasteiger partial charge on any atom is -0.493 e. The Morgan fingerprint density at radius 2 is 2.11 bits per heavy atom. The zero-order chi connectivity index (χ0) is 14.3. The van der Waals surface area contributed by atoms with E-state index in [-0.39, 0.29) is 11.5 Å². The molecule has 1 aromatic rings. The second-order valence-electron chi connectivity index (χ2n) is 4.19. The fourth-order valence-electron chi connectivity index (χ4n) is 1.63. The van der Waals surface area contributed by atoms with Gasteiger partial charge in [-0.05, 0) is 25.6 Å². The molecule has 19 heavy (non-hydrogen) atoms. The number of hydrogen-bond acceptors (Lipinski definition) is 4. The lowest BCUT2D eigenvalue weighted by molar-refractivity contribution is 0.314. The van der Waals surface area contributed by atoms with E-state index >= 15 is 0 Å². The van der Waals surface area contributed by atoms with Crippen LogP contribution >= 0.6 is 11.6 Å². The first kappa shape index (κ1) is 16.3. The molecule has 0 aliphatic heterocycles. The minimum absolute atomic E-state index is 0.158. The van der Waals surface area contributed by atoms with E-state index in [2.05, 4.69) is 5.32 Å². The summed E-state index contributed by atoms with van der Waals surface area (Å²) < 4.78 is 28.3. The first-order valence-corrected chi connectivity index (χ1v) is 8.45. The van der Waals surface area contributed by atoms with Gasteiger partial charge < -0.3 is 10.1 Å². The molecule has 1 N–H and O–H groups in total. The number of hydrogen-bond donors (Lipinski definition) is 1. The lowest BCUT2D eigenvalue weighted by Crippen LogP contribution is -2.13. The van der Waals surface area contributed by atoms with Gasteiger partial charge in [-0.3, -0.25) is 0 Å². The van der Waals surface area contributed by atoms with Gasteiger partial charge in [0.1, 0.15) is 15.6 Å². The summed E-state index contributed by atoms with van der Waals surface area (Å²) >= 11 is 6.10. The van der Waals surface area contributed by atoms with Gasteiger partial charge in [0, 0.05) is 22.9 Å². The number of benzene rings is 1. The van der Waals surface area contributed by atoms with Crippen molar-refractivity contribution in [2.75, 3.05) is 25.2 Å². The highest BCUT2D eigenvalue weighted by atomic mass is 35.5. The van der Waals surface area contributed by atoms with E-state index in [0.717, 1.165) is 5.56 Å². The lowest BCUT2D eigenvalue weighted by atomic mass is 10.2. The Hall–Kier alpha value is -0.780. The molecule has 0 spiro atoms. The molecule has 0 bridgehead atoms. The number of rotatable bonds is 8. The van der Waals surface area contributed by atoms with Crippen LogP contribution in [0.5, 0.6) is 5.75 Å². The van der Waals surface area contributed by atoms with Crippen LogP contribution in [0.3, 0.4) is 0 Å². The third-order valence-electron chi connectivity index (χ3n) is 2.73. The quantitative estimate of drug-likeness (QED) is 0.749. The maximum Gasteiger partial charge on any atom is 0.150 e. The fourth-order valence-corrected chi connectivity index (χ4v) is 2.71. The Labute approximate surface area is 120 Å². The Balaban J connectivity index is 2.56. The van der Waals surface area contributed by atoms with Crippen molar-refractivity contribution in [2.24, 2.45) is 0 Å². The second-order valence-corrected chi connectivity index (χ2v) is 7.07. The van der Waals surface area contributed by atoms with Crippen LogP contribution in [0.15, 0.2) is 18.2 Å². The summed E-state index contributed by atoms with van der Waals surface area (Å²) in [6.07, 6.45) is 0.488. The summed E-state index contributed by atoms with van der Waals surface area (Å²) in [5.74, 6) is 1.04. The molecule has 0 radical (unpaired) electrons. The maximum absolute atomic E-state index is 11.3. The van der Waals surface area contributed by atoms with Gasteiger partial charge in [0.2, 0.25) is 0 Å². The van der Waals surface area contributed by atoms with Gasteiger partial charge in [-0.1, -0.05) is 24.6 Å². The van der Waals surface area contributed by atoms with Crippen molar-refractivity contribution in [1.29, 1.82) is 0 Å². The van der Waals surface area contributed by atoms with Crippen molar-refractivity contribution >= 4 is 21.4 Å². The molecule has 108 valence electrons. The van der Waals surface area contributed by atoms with Gasteiger partial charge in [-0.15, -0.1) is 0 Å². The molecular weight excluding hydrogens is 286 g/mol. The van der Waals surface area contributed by atoms with Gasteiger partial charge in [0.05, 0.1) is 12.4 Å². The maximum atomic E-state index is 11.3. The van der Waals surface area contributed by atoms with Crippen molar-refractivity contribution in [3.8, 4) is 5.75 Å². The van der Waals surface area contributed by atoms with Gasteiger partial charge in [-0.2, -0.15) is 0 Å². The van der Waals surface area contributed by atoms with Crippen molar-refractivity contribution in [2.45, 2.75) is 19.9 Å². The average molecular weight is 306 g/mol. The van der Waals surface area contributed by atoms with Crippen LogP contribution < -0.4 is 10.1 Å². The van der Waals surface area contributed by atoms with E-state index in [0.29, 0.717) is 30.3 Å². The molecule has 0 saturated carbocycles. The predicted molar refractivity (Wildman–Crippen MR) is 78.7 cm³/mol. The zero-order valence-electron chi connectivity index (χ0n) is 11.3. The molecule has 1 aromatic carbocycles. The topological polar surface area (TPSA) is 55.4 Å². The predicted octanol–water partition coefficient (Wildman–Crippen LogP) is 2.26. The van der Waals surface area contributed by atoms with Gasteiger partial charge in [0.15, 0.2) is 0 Å². The van der Waals surface area contributed by atoms with Crippen molar-refractivity contribution < 1.29 is 13.2 Å². The summed E-state index contributed by atoms with van der Waals surface area (Å²) in [5.41, 5.74) is 0.894. The molecule has 0 fully saturated rings. The smallest absolute Gasteiger partial charge is 0.150 e. The number of halogens is 1. The van der Waals surface area contributed by atoms with Crippen LogP contribution in [0.25, 0.3) is 0 Å². The molecule has 1 rings (SSSR count). The Bertz CT molecular complexity index is 503. The third-order valence-corrected chi connectivity index (χ3v) is 4.87. The van der Waals surface area contributed by atoms with Crippen molar-refractivity contribution in [3.63, 3.8) is 0 Å². The van der Waals surface area contributed by atoms with Gasteiger partial charge >= 0.3 is 0 Å². The standard InChI is InChI=1S/C13H20ClNO3S/c1-3-19(16,17)9-5-8-18-13-7-4-6-12(14)11(13)10-15-2/h4,6-7,15H,3,5,8-10H2,1-2H3. The Kier molecular flexibility index (Phi) is 6.62. The van der Waals surface area contributed by atoms with Crippen LogP contribution in [-0.2, 0) is 16.4 Å². The lowest BCUT2D eigenvalue weighted by Gasteiger charge is -2.12. The highest BCUT2D eigenvalue weighted by Crippen LogP contribution is 2.26. The zero-order valence-corrected chi connectivity index (χ0v) is 12.9. The fraction of sp³-hybridized carbons (Fsp3) is 0.538. The molecule has 0 amide bonds. The molecule has 0 unspecified atom stereocenters. The van der Waals surface area contributed by atoms with Crippen LogP contribution in [0.4, 0.5) is 0 Å². The summed E-state index contributed by atoms with van der Waals surface area (Å²) in [5, 5.41) is 3.68. The molecule has 0 saturated heterocycles. The van der Waals surface area contributed by atoms with E-state index in [4.69, 9.17) is 16.3 Å². The van der Waals surface area contributed by atoms with Crippen molar-refractivity contribution in [1.82, 2.24) is 5.32 Å².